The highest BCUT2D eigenvalue weighted by atomic mass is 16.4. The number of aliphatic carboxylic acids is 1. The van der Waals surface area contributed by atoms with Crippen LogP contribution in [-0.2, 0) is 17.6 Å². The number of aromatic hydroxyl groups is 1. The summed E-state index contributed by atoms with van der Waals surface area (Å²) >= 11 is 0. The van der Waals surface area contributed by atoms with Gasteiger partial charge in [0, 0.05) is 0 Å². The Morgan fingerprint density at radius 1 is 0.824 bits per heavy atom. The minimum atomic E-state index is -0.826. The number of carboxylic acids is 1. The second kappa shape index (κ2) is 15.3. The first-order chi connectivity index (χ1) is 15.9. The molecule has 3 nitrogen and oxygen atoms in total. The van der Waals surface area contributed by atoms with Gasteiger partial charge in [-0.3, -0.25) is 4.79 Å². The van der Waals surface area contributed by atoms with E-state index in [4.69, 9.17) is 0 Å². The number of carbonyl (C=O) groups is 1. The zero-order chi connectivity index (χ0) is 25.8. The number of hydrogen-bond acceptors (Lipinski definition) is 2. The van der Waals surface area contributed by atoms with Crippen molar-refractivity contribution in [1.29, 1.82) is 0 Å². The number of phenolic OH excluding ortho intramolecular Hbond substituents is 1. The molecule has 0 saturated heterocycles. The number of phenols is 1. The second-order valence-electron chi connectivity index (χ2n) is 11.3. The van der Waals surface area contributed by atoms with E-state index in [1.807, 2.05) is 20.8 Å². The highest BCUT2D eigenvalue weighted by molar-refractivity contribution is 5.72. The van der Waals surface area contributed by atoms with E-state index in [0.29, 0.717) is 5.75 Å². The molecular weight excluding hydrogens is 420 g/mol. The van der Waals surface area contributed by atoms with E-state index in [1.165, 1.54) is 50.5 Å². The van der Waals surface area contributed by atoms with Gasteiger partial charge in [0.1, 0.15) is 5.75 Å². The molecule has 1 aromatic rings. The summed E-state index contributed by atoms with van der Waals surface area (Å²) in [6.45, 7) is 17.3. The smallest absolute Gasteiger partial charge is 0.307 e. The summed E-state index contributed by atoms with van der Waals surface area (Å²) in [4.78, 5) is 11.3. The summed E-state index contributed by atoms with van der Waals surface area (Å²) in [6, 6.07) is 0. The second-order valence-corrected chi connectivity index (χ2v) is 11.3. The first-order valence-corrected chi connectivity index (χ1v) is 13.6. The fraction of sp³-hybridized carbons (Fsp3) is 0.710. The van der Waals surface area contributed by atoms with Gasteiger partial charge < -0.3 is 10.2 Å². The van der Waals surface area contributed by atoms with Crippen LogP contribution in [0.3, 0.4) is 0 Å². The van der Waals surface area contributed by atoms with Crippen LogP contribution in [0.25, 0.3) is 0 Å². The molecule has 0 fully saturated rings. The quantitative estimate of drug-likeness (QED) is 0.236. The van der Waals surface area contributed by atoms with Gasteiger partial charge in [0.25, 0.3) is 0 Å². The molecule has 2 atom stereocenters. The van der Waals surface area contributed by atoms with Gasteiger partial charge in [0.15, 0.2) is 0 Å². The number of carboxylic acid groups (broad SMARTS) is 1. The van der Waals surface area contributed by atoms with E-state index in [2.05, 4.69) is 40.7 Å². The van der Waals surface area contributed by atoms with Gasteiger partial charge in [-0.15, -0.1) is 0 Å². The van der Waals surface area contributed by atoms with Gasteiger partial charge >= 0.3 is 5.97 Å². The summed E-state index contributed by atoms with van der Waals surface area (Å²) in [5, 5.41) is 20.0. The molecule has 34 heavy (non-hydrogen) atoms. The lowest BCUT2D eigenvalue weighted by Gasteiger charge is -2.19. The molecule has 3 heteroatoms. The van der Waals surface area contributed by atoms with Crippen molar-refractivity contribution in [3.63, 3.8) is 0 Å². The summed E-state index contributed by atoms with van der Waals surface area (Å²) in [6.07, 6.45) is 14.5. The molecule has 2 unspecified atom stereocenters. The molecule has 0 saturated carbocycles. The van der Waals surface area contributed by atoms with Crippen LogP contribution in [0.5, 0.6) is 5.75 Å². The average molecular weight is 473 g/mol. The van der Waals surface area contributed by atoms with Crippen molar-refractivity contribution in [3.8, 4) is 5.75 Å². The Hall–Kier alpha value is -1.77. The van der Waals surface area contributed by atoms with Crippen molar-refractivity contribution in [1.82, 2.24) is 0 Å². The first kappa shape index (κ1) is 30.3. The Morgan fingerprint density at radius 3 is 1.94 bits per heavy atom. The van der Waals surface area contributed by atoms with Crippen LogP contribution in [0, 0.1) is 38.5 Å². The molecular formula is C31H52O3. The number of benzene rings is 1. The zero-order valence-electron chi connectivity index (χ0n) is 23.4. The molecule has 0 aromatic heterocycles. The lowest BCUT2D eigenvalue weighted by Crippen LogP contribution is -2.08. The summed E-state index contributed by atoms with van der Waals surface area (Å²) in [7, 11) is 0. The molecule has 0 aliphatic carbocycles. The predicted octanol–water partition coefficient (Wildman–Crippen LogP) is 8.87. The minimum absolute atomic E-state index is 0.00915. The van der Waals surface area contributed by atoms with E-state index in [0.717, 1.165) is 64.8 Å². The maximum atomic E-state index is 11.3. The first-order valence-electron chi connectivity index (χ1n) is 13.6. The van der Waals surface area contributed by atoms with Gasteiger partial charge in [-0.25, -0.2) is 0 Å². The fourth-order valence-electron chi connectivity index (χ4n) is 5.01. The molecule has 0 amide bonds. The van der Waals surface area contributed by atoms with E-state index < -0.39 is 5.97 Å². The summed E-state index contributed by atoms with van der Waals surface area (Å²) in [5.41, 5.74) is 5.74. The lowest BCUT2D eigenvalue weighted by molar-refractivity contribution is -0.136. The topological polar surface area (TPSA) is 57.5 Å². The number of hydrogen-bond donors (Lipinski definition) is 2. The monoisotopic (exact) mass is 472 g/mol. The SMILES string of the molecule is C/C(=C\CCC(C)CCCC(C)CCCC(C)C)CCc1c(C)c(CC(=O)O)c(C)c(C)c1O. The van der Waals surface area contributed by atoms with Crippen LogP contribution in [0.4, 0.5) is 0 Å². The van der Waals surface area contributed by atoms with Gasteiger partial charge in [-0.05, 0) is 98.9 Å². The molecule has 1 aromatic carbocycles. The maximum Gasteiger partial charge on any atom is 0.307 e. The highest BCUT2D eigenvalue weighted by Gasteiger charge is 2.18. The maximum absolute atomic E-state index is 11.3. The van der Waals surface area contributed by atoms with E-state index >= 15 is 0 Å². The van der Waals surface area contributed by atoms with Crippen molar-refractivity contribution >= 4 is 5.97 Å². The molecule has 2 N–H and O–H groups in total. The van der Waals surface area contributed by atoms with Gasteiger partial charge in [0.2, 0.25) is 0 Å². The van der Waals surface area contributed by atoms with Crippen molar-refractivity contribution in [2.75, 3.05) is 0 Å². The third-order valence-corrected chi connectivity index (χ3v) is 7.68. The molecule has 1 rings (SSSR count). The molecule has 0 radical (unpaired) electrons. The lowest BCUT2D eigenvalue weighted by atomic mass is 9.88. The number of rotatable bonds is 16. The van der Waals surface area contributed by atoms with Crippen molar-refractivity contribution in [3.05, 3.63) is 39.5 Å². The molecule has 194 valence electrons. The fourth-order valence-corrected chi connectivity index (χ4v) is 5.01. The zero-order valence-corrected chi connectivity index (χ0v) is 23.4. The van der Waals surface area contributed by atoms with Crippen LogP contribution in [0.1, 0.15) is 120 Å². The molecule has 0 heterocycles. The van der Waals surface area contributed by atoms with Crippen LogP contribution in [-0.4, -0.2) is 16.2 Å². The Labute approximate surface area is 210 Å². The largest absolute Gasteiger partial charge is 0.507 e. The molecule has 0 bridgehead atoms. The standard InChI is InChI=1S/C31H52O3/c1-21(2)12-9-13-22(3)14-10-15-23(4)16-11-17-24(5)18-19-28-27(8)29(20-30(32)33)25(6)26(7)31(28)34/h17,21-23,34H,9-16,18-20H2,1-8H3,(H,32,33)/b24-17+. The van der Waals surface area contributed by atoms with Gasteiger partial charge in [-0.2, -0.15) is 0 Å². The summed E-state index contributed by atoms with van der Waals surface area (Å²) < 4.78 is 0. The third kappa shape index (κ3) is 10.7. The average Bonchev–Trinajstić information content (AvgIpc) is 2.75. The normalized spacial score (nSPS) is 14.0. The van der Waals surface area contributed by atoms with Gasteiger partial charge in [0.05, 0.1) is 6.42 Å². The predicted molar refractivity (Wildman–Crippen MR) is 146 cm³/mol. The molecule has 0 spiro atoms. The Balaban J connectivity index is 2.48. The highest BCUT2D eigenvalue weighted by Crippen LogP contribution is 2.34. The van der Waals surface area contributed by atoms with E-state index in [9.17, 15) is 15.0 Å². The van der Waals surface area contributed by atoms with E-state index in [-0.39, 0.29) is 6.42 Å². The minimum Gasteiger partial charge on any atom is -0.507 e. The van der Waals surface area contributed by atoms with Crippen molar-refractivity contribution in [2.45, 2.75) is 126 Å². The van der Waals surface area contributed by atoms with Crippen LogP contribution >= 0.6 is 0 Å². The Kier molecular flexibility index (Phi) is 13.6. The van der Waals surface area contributed by atoms with Crippen LogP contribution in [0.2, 0.25) is 0 Å². The van der Waals surface area contributed by atoms with Crippen LogP contribution < -0.4 is 0 Å². The number of allylic oxidation sites excluding steroid dienone is 2. The Bertz CT molecular complexity index is 804. The third-order valence-electron chi connectivity index (χ3n) is 7.68. The summed E-state index contributed by atoms with van der Waals surface area (Å²) in [5.74, 6) is 1.96. The Morgan fingerprint density at radius 2 is 1.38 bits per heavy atom. The van der Waals surface area contributed by atoms with Crippen molar-refractivity contribution < 1.29 is 15.0 Å². The van der Waals surface area contributed by atoms with Gasteiger partial charge in [-0.1, -0.05) is 77.9 Å². The molecule has 0 aliphatic heterocycles. The van der Waals surface area contributed by atoms with Crippen LogP contribution in [0.15, 0.2) is 11.6 Å². The van der Waals surface area contributed by atoms with Crippen molar-refractivity contribution in [2.24, 2.45) is 17.8 Å². The van der Waals surface area contributed by atoms with E-state index in [1.54, 1.807) is 0 Å². The molecule has 0 aliphatic rings.